The van der Waals surface area contributed by atoms with Crippen molar-refractivity contribution in [2.45, 2.75) is 52.0 Å². The van der Waals surface area contributed by atoms with Crippen LogP contribution >= 0.6 is 0 Å². The summed E-state index contributed by atoms with van der Waals surface area (Å²) >= 11 is 0. The molecule has 2 fully saturated rings. The third-order valence-electron chi connectivity index (χ3n) is 4.72. The van der Waals surface area contributed by atoms with E-state index in [1.165, 1.54) is 0 Å². The molecule has 1 atom stereocenters. The van der Waals surface area contributed by atoms with Gasteiger partial charge in [-0.15, -0.1) is 0 Å². The van der Waals surface area contributed by atoms with Crippen molar-refractivity contribution in [1.82, 2.24) is 14.7 Å². The average Bonchev–Trinajstić information content (AvgIpc) is 2.72. The molecule has 0 radical (unpaired) electrons. The van der Waals surface area contributed by atoms with Crippen LogP contribution < -0.4 is 0 Å². The van der Waals surface area contributed by atoms with E-state index >= 15 is 0 Å². The Morgan fingerprint density at radius 1 is 1.09 bits per heavy atom. The van der Waals surface area contributed by atoms with Gasteiger partial charge in [-0.1, -0.05) is 6.42 Å². The maximum absolute atomic E-state index is 12.4. The summed E-state index contributed by atoms with van der Waals surface area (Å²) in [6.45, 7) is 6.86. The molecule has 2 rings (SSSR count). The number of carbonyl (C=O) groups excluding carboxylic acids is 3. The van der Waals surface area contributed by atoms with E-state index in [4.69, 9.17) is 0 Å². The highest BCUT2D eigenvalue weighted by molar-refractivity contribution is 5.88. The van der Waals surface area contributed by atoms with Crippen LogP contribution in [0.5, 0.6) is 0 Å². The van der Waals surface area contributed by atoms with Gasteiger partial charge in [0.25, 0.3) is 0 Å². The molecular weight excluding hydrogens is 282 g/mol. The van der Waals surface area contributed by atoms with Crippen molar-refractivity contribution < 1.29 is 14.4 Å². The fraction of sp³-hybridized carbons (Fsp3) is 0.812. The molecule has 6 nitrogen and oxygen atoms in total. The van der Waals surface area contributed by atoms with Gasteiger partial charge in [0.2, 0.25) is 17.7 Å². The fourth-order valence-corrected chi connectivity index (χ4v) is 3.23. The summed E-state index contributed by atoms with van der Waals surface area (Å²) in [5, 5.41) is 0. The van der Waals surface area contributed by atoms with Crippen LogP contribution in [0.1, 0.15) is 46.0 Å². The molecule has 0 aromatic carbocycles. The first-order valence-corrected chi connectivity index (χ1v) is 8.40. The van der Waals surface area contributed by atoms with Crippen molar-refractivity contribution in [3.63, 3.8) is 0 Å². The summed E-state index contributed by atoms with van der Waals surface area (Å²) in [6.07, 6.45) is 3.96. The Morgan fingerprint density at radius 2 is 1.86 bits per heavy atom. The van der Waals surface area contributed by atoms with Crippen LogP contribution in [0.15, 0.2) is 0 Å². The second kappa shape index (κ2) is 7.61. The molecular formula is C16H27N3O3. The Bertz CT molecular complexity index is 438. The molecule has 0 aliphatic carbocycles. The molecule has 2 saturated heterocycles. The smallest absolute Gasteiger partial charge is 0.245 e. The second-order valence-corrected chi connectivity index (χ2v) is 6.12. The van der Waals surface area contributed by atoms with Crippen LogP contribution in [0.3, 0.4) is 0 Å². The number of rotatable bonds is 4. The minimum Gasteiger partial charge on any atom is -0.342 e. The number of amides is 3. The van der Waals surface area contributed by atoms with Gasteiger partial charge in [0, 0.05) is 45.6 Å². The highest BCUT2D eigenvalue weighted by Gasteiger charge is 2.33. The van der Waals surface area contributed by atoms with Crippen LogP contribution in [0.4, 0.5) is 0 Å². The van der Waals surface area contributed by atoms with Crippen LogP contribution in [-0.2, 0) is 14.4 Å². The van der Waals surface area contributed by atoms with E-state index in [-0.39, 0.29) is 23.8 Å². The second-order valence-electron chi connectivity index (χ2n) is 6.12. The molecule has 1 unspecified atom stereocenters. The van der Waals surface area contributed by atoms with Gasteiger partial charge in [-0.25, -0.2) is 0 Å². The first-order chi connectivity index (χ1) is 10.5. The number of carbonyl (C=O) groups is 3. The lowest BCUT2D eigenvalue weighted by molar-refractivity contribution is -0.150. The van der Waals surface area contributed by atoms with Crippen molar-refractivity contribution in [3.05, 3.63) is 0 Å². The van der Waals surface area contributed by atoms with Crippen molar-refractivity contribution in [3.8, 4) is 0 Å². The van der Waals surface area contributed by atoms with Crippen LogP contribution in [0.25, 0.3) is 0 Å². The van der Waals surface area contributed by atoms with Gasteiger partial charge in [-0.3, -0.25) is 14.4 Å². The van der Waals surface area contributed by atoms with Crippen molar-refractivity contribution in [2.75, 3.05) is 32.7 Å². The van der Waals surface area contributed by atoms with Gasteiger partial charge in [0.15, 0.2) is 0 Å². The third-order valence-corrected chi connectivity index (χ3v) is 4.72. The van der Waals surface area contributed by atoms with Crippen molar-refractivity contribution in [1.29, 1.82) is 0 Å². The Balaban J connectivity index is 1.86. The first kappa shape index (κ1) is 16.8. The highest BCUT2D eigenvalue weighted by Crippen LogP contribution is 2.15. The SMILES string of the molecule is CCN1CCN(C(=O)CCN2CCCCCC2=O)C(C)C1=O. The molecule has 0 spiro atoms. The summed E-state index contributed by atoms with van der Waals surface area (Å²) in [5.41, 5.74) is 0. The zero-order valence-electron chi connectivity index (χ0n) is 13.7. The van der Waals surface area contributed by atoms with Crippen LogP contribution in [0.2, 0.25) is 0 Å². The summed E-state index contributed by atoms with van der Waals surface area (Å²) in [6, 6.07) is -0.388. The summed E-state index contributed by atoms with van der Waals surface area (Å²) in [5.74, 6) is 0.159. The zero-order valence-corrected chi connectivity index (χ0v) is 13.7. The average molecular weight is 309 g/mol. The van der Waals surface area contributed by atoms with Crippen LogP contribution in [0, 0.1) is 0 Å². The number of hydrogen-bond donors (Lipinski definition) is 0. The van der Waals surface area contributed by atoms with E-state index in [1.54, 1.807) is 21.6 Å². The normalized spacial score (nSPS) is 23.7. The molecule has 2 aliphatic rings. The quantitative estimate of drug-likeness (QED) is 0.774. The topological polar surface area (TPSA) is 60.9 Å². The Kier molecular flexibility index (Phi) is 5.80. The van der Waals surface area contributed by atoms with Gasteiger partial charge in [0.1, 0.15) is 6.04 Å². The zero-order chi connectivity index (χ0) is 16.1. The van der Waals surface area contributed by atoms with E-state index in [0.717, 1.165) is 25.8 Å². The lowest BCUT2D eigenvalue weighted by Crippen LogP contribution is -2.57. The third kappa shape index (κ3) is 3.78. The lowest BCUT2D eigenvalue weighted by Gasteiger charge is -2.39. The molecule has 0 saturated carbocycles. The minimum absolute atomic E-state index is 0.0198. The summed E-state index contributed by atoms with van der Waals surface area (Å²) < 4.78 is 0. The van der Waals surface area contributed by atoms with E-state index in [0.29, 0.717) is 39.0 Å². The van der Waals surface area contributed by atoms with Crippen molar-refractivity contribution >= 4 is 17.7 Å². The molecule has 124 valence electrons. The number of hydrogen-bond acceptors (Lipinski definition) is 3. The lowest BCUT2D eigenvalue weighted by atomic mass is 10.1. The largest absolute Gasteiger partial charge is 0.342 e. The Labute approximate surface area is 132 Å². The van der Waals surface area contributed by atoms with Gasteiger partial charge < -0.3 is 14.7 Å². The van der Waals surface area contributed by atoms with Crippen molar-refractivity contribution in [2.24, 2.45) is 0 Å². The molecule has 2 aliphatic heterocycles. The van der Waals surface area contributed by atoms with E-state index in [2.05, 4.69) is 0 Å². The van der Waals surface area contributed by atoms with E-state index in [9.17, 15) is 14.4 Å². The monoisotopic (exact) mass is 309 g/mol. The summed E-state index contributed by atoms with van der Waals surface area (Å²) in [7, 11) is 0. The molecule has 6 heteroatoms. The molecule has 3 amide bonds. The molecule has 0 aromatic rings. The number of likely N-dealkylation sites (tertiary alicyclic amines) is 1. The number of piperazine rings is 1. The predicted octanol–water partition coefficient (Wildman–Crippen LogP) is 0.858. The molecule has 2 heterocycles. The molecule has 0 N–H and O–H groups in total. The Hall–Kier alpha value is -1.59. The Morgan fingerprint density at radius 3 is 2.59 bits per heavy atom. The van der Waals surface area contributed by atoms with E-state index < -0.39 is 0 Å². The molecule has 0 bridgehead atoms. The van der Waals surface area contributed by atoms with E-state index in [1.807, 2.05) is 6.92 Å². The van der Waals surface area contributed by atoms with Gasteiger partial charge >= 0.3 is 0 Å². The standard InChI is InChI=1S/C16H27N3O3/c1-3-17-11-12-19(13(2)16(17)22)15(21)8-10-18-9-6-4-5-7-14(18)20/h13H,3-12H2,1-2H3. The van der Waals surface area contributed by atoms with Crippen LogP contribution in [-0.4, -0.2) is 71.2 Å². The fourth-order valence-electron chi connectivity index (χ4n) is 3.23. The number of nitrogens with zero attached hydrogens (tertiary/aromatic N) is 3. The van der Waals surface area contributed by atoms with Gasteiger partial charge in [0.05, 0.1) is 0 Å². The maximum atomic E-state index is 12.4. The predicted molar refractivity (Wildman–Crippen MR) is 83.1 cm³/mol. The van der Waals surface area contributed by atoms with Gasteiger partial charge in [-0.05, 0) is 26.7 Å². The molecule has 0 aromatic heterocycles. The maximum Gasteiger partial charge on any atom is 0.245 e. The molecule has 22 heavy (non-hydrogen) atoms. The first-order valence-electron chi connectivity index (χ1n) is 8.40. The summed E-state index contributed by atoms with van der Waals surface area (Å²) in [4.78, 5) is 41.7. The number of likely N-dealkylation sites (N-methyl/N-ethyl adjacent to an activating group) is 1. The van der Waals surface area contributed by atoms with Gasteiger partial charge in [-0.2, -0.15) is 0 Å². The highest BCUT2D eigenvalue weighted by atomic mass is 16.2. The minimum atomic E-state index is -0.388.